The molecule has 4 aromatic carbocycles. The Morgan fingerprint density at radius 1 is 1.02 bits per heavy atom. The number of fused-ring (bicyclic) bond motifs is 1. The minimum Gasteiger partial charge on any atom is -0.488 e. The largest absolute Gasteiger partial charge is 0.488 e. The molecular formula is C36H26BrN3O4S. The number of thiazole rings is 1. The van der Waals surface area contributed by atoms with E-state index in [4.69, 9.17) is 19.7 Å². The zero-order valence-corrected chi connectivity index (χ0v) is 26.5. The molecule has 0 saturated carbocycles. The molecule has 1 atom stereocenters. The van der Waals surface area contributed by atoms with Crippen LogP contribution < -0.4 is 19.6 Å². The summed E-state index contributed by atoms with van der Waals surface area (Å²) in [6.07, 6.45) is 1.82. The van der Waals surface area contributed by atoms with Gasteiger partial charge in [-0.2, -0.15) is 5.26 Å². The van der Waals surface area contributed by atoms with Gasteiger partial charge in [-0.25, -0.2) is 9.79 Å². The molecule has 0 spiro atoms. The van der Waals surface area contributed by atoms with Crippen LogP contribution in [0, 0.1) is 11.3 Å². The number of ether oxygens (including phenoxy) is 2. The first-order valence-corrected chi connectivity index (χ1v) is 15.8. The molecule has 0 saturated heterocycles. The zero-order valence-electron chi connectivity index (χ0n) is 24.1. The number of benzene rings is 4. The van der Waals surface area contributed by atoms with E-state index in [1.807, 2.05) is 97.1 Å². The van der Waals surface area contributed by atoms with Gasteiger partial charge in [-0.05, 0) is 69.9 Å². The third kappa shape index (κ3) is 6.29. The molecule has 7 nitrogen and oxygen atoms in total. The van der Waals surface area contributed by atoms with Gasteiger partial charge in [0.25, 0.3) is 5.56 Å². The van der Waals surface area contributed by atoms with Crippen molar-refractivity contribution < 1.29 is 14.3 Å². The van der Waals surface area contributed by atoms with Gasteiger partial charge in [0.1, 0.15) is 12.4 Å². The molecule has 45 heavy (non-hydrogen) atoms. The van der Waals surface area contributed by atoms with Crippen LogP contribution in [0.15, 0.2) is 123 Å². The van der Waals surface area contributed by atoms with Crippen LogP contribution in [0.1, 0.15) is 40.8 Å². The van der Waals surface area contributed by atoms with Crippen LogP contribution in [0.2, 0.25) is 0 Å². The number of hydrogen-bond donors (Lipinski definition) is 0. The van der Waals surface area contributed by atoms with E-state index in [-0.39, 0.29) is 12.2 Å². The fourth-order valence-electron chi connectivity index (χ4n) is 5.10. The van der Waals surface area contributed by atoms with Gasteiger partial charge in [0, 0.05) is 5.56 Å². The number of nitriles is 1. The summed E-state index contributed by atoms with van der Waals surface area (Å²) in [6.45, 7) is 2.29. The van der Waals surface area contributed by atoms with Gasteiger partial charge in [0.15, 0.2) is 4.80 Å². The number of nitrogens with zero attached hydrogens (tertiary/aromatic N) is 3. The Balaban J connectivity index is 1.42. The number of aromatic nitrogens is 1. The summed E-state index contributed by atoms with van der Waals surface area (Å²) in [5.74, 6) is 0.136. The van der Waals surface area contributed by atoms with Gasteiger partial charge in [-0.15, -0.1) is 0 Å². The molecule has 0 aliphatic carbocycles. The fourth-order valence-corrected chi connectivity index (χ4v) is 6.61. The normalized spacial score (nSPS) is 14.3. The van der Waals surface area contributed by atoms with Crippen LogP contribution in [-0.4, -0.2) is 17.1 Å². The third-order valence-corrected chi connectivity index (χ3v) is 8.82. The zero-order chi connectivity index (χ0) is 31.3. The number of hydrogen-bond acceptors (Lipinski definition) is 7. The number of esters is 1. The van der Waals surface area contributed by atoms with E-state index in [1.165, 1.54) is 11.3 Å². The fraction of sp³-hybridized carbons (Fsp3) is 0.111. The van der Waals surface area contributed by atoms with Crippen LogP contribution in [0.3, 0.4) is 0 Å². The first-order chi connectivity index (χ1) is 22.0. The molecule has 1 aliphatic heterocycles. The lowest BCUT2D eigenvalue weighted by atomic mass is 9.93. The average molecular weight is 677 g/mol. The molecule has 6 rings (SSSR count). The van der Waals surface area contributed by atoms with E-state index in [0.29, 0.717) is 38.5 Å². The number of carbonyl (C=O) groups excluding carboxylic acids is 1. The van der Waals surface area contributed by atoms with E-state index in [0.717, 1.165) is 26.7 Å². The highest BCUT2D eigenvalue weighted by Crippen LogP contribution is 2.35. The van der Waals surface area contributed by atoms with Crippen LogP contribution in [0.4, 0.5) is 0 Å². The Morgan fingerprint density at radius 3 is 2.40 bits per heavy atom. The highest BCUT2D eigenvalue weighted by molar-refractivity contribution is 9.10. The van der Waals surface area contributed by atoms with Gasteiger partial charge in [-0.3, -0.25) is 9.36 Å². The highest BCUT2D eigenvalue weighted by atomic mass is 79.9. The Hall–Kier alpha value is -5.04. The molecule has 0 radical (unpaired) electrons. The van der Waals surface area contributed by atoms with Crippen molar-refractivity contribution in [2.45, 2.75) is 19.6 Å². The van der Waals surface area contributed by atoms with Crippen molar-refractivity contribution in [2.75, 3.05) is 6.61 Å². The quantitative estimate of drug-likeness (QED) is 0.184. The lowest BCUT2D eigenvalue weighted by molar-refractivity contribution is -0.138. The van der Waals surface area contributed by atoms with Crippen molar-refractivity contribution in [1.29, 1.82) is 5.26 Å². The molecule has 1 aliphatic rings. The van der Waals surface area contributed by atoms with Crippen molar-refractivity contribution in [3.8, 4) is 11.8 Å². The molecule has 0 bridgehead atoms. The van der Waals surface area contributed by atoms with Gasteiger partial charge >= 0.3 is 5.97 Å². The molecule has 0 N–H and O–H groups in total. The summed E-state index contributed by atoms with van der Waals surface area (Å²) in [4.78, 5) is 33.0. The van der Waals surface area contributed by atoms with Gasteiger partial charge in [-0.1, -0.05) is 90.2 Å². The number of carbonyl (C=O) groups is 1. The lowest BCUT2D eigenvalue weighted by Crippen LogP contribution is -2.39. The topological polar surface area (TPSA) is 93.7 Å². The maximum absolute atomic E-state index is 14.1. The van der Waals surface area contributed by atoms with Crippen LogP contribution >= 0.6 is 27.3 Å². The minimum atomic E-state index is -0.719. The standard InChI is InChI=1S/C36H26BrN3O4S/c1-2-43-35(42)31-32(26-9-5-3-6-10-26)39-36-40(33(31)27-11-7-4-8-12-27)34(41)30(45-36)20-25-17-18-29(28(37)19-25)44-22-24-15-13-23(21-38)14-16-24/h3-20,33H,2,22H2,1H3/b30-20-/t33-/m0/s1. The number of rotatable bonds is 8. The predicted octanol–water partition coefficient (Wildman–Crippen LogP) is 6.15. The van der Waals surface area contributed by atoms with Crippen LogP contribution in [-0.2, 0) is 16.1 Å². The molecule has 1 aromatic heterocycles. The molecule has 2 heterocycles. The van der Waals surface area contributed by atoms with Gasteiger partial charge in [0.2, 0.25) is 0 Å². The van der Waals surface area contributed by atoms with Crippen LogP contribution in [0.25, 0.3) is 11.8 Å². The van der Waals surface area contributed by atoms with Gasteiger partial charge < -0.3 is 9.47 Å². The Labute approximate surface area is 271 Å². The molecular weight excluding hydrogens is 650 g/mol. The SMILES string of the molecule is CCOC(=O)C1=C(c2ccccc2)N=c2s/c(=C\c3ccc(OCc4ccc(C#N)cc4)c(Br)c3)c(=O)n2[C@H]1c1ccccc1. The molecule has 9 heteroatoms. The Morgan fingerprint density at radius 2 is 1.73 bits per heavy atom. The van der Waals surface area contributed by atoms with E-state index >= 15 is 0 Å². The molecule has 0 unspecified atom stereocenters. The first-order valence-electron chi connectivity index (χ1n) is 14.2. The monoisotopic (exact) mass is 675 g/mol. The second kappa shape index (κ2) is 13.3. The average Bonchev–Trinajstić information content (AvgIpc) is 3.38. The van der Waals surface area contributed by atoms with Crippen molar-refractivity contribution in [3.63, 3.8) is 0 Å². The van der Waals surface area contributed by atoms with Crippen molar-refractivity contribution >= 4 is 45.0 Å². The third-order valence-electron chi connectivity index (χ3n) is 7.22. The minimum absolute atomic E-state index is 0.193. The molecule has 0 fully saturated rings. The van der Waals surface area contributed by atoms with E-state index in [2.05, 4.69) is 22.0 Å². The van der Waals surface area contributed by atoms with Crippen molar-refractivity contribution in [3.05, 3.63) is 161 Å². The first kappa shape index (κ1) is 30.0. The maximum Gasteiger partial charge on any atom is 0.338 e. The predicted molar refractivity (Wildman–Crippen MR) is 177 cm³/mol. The number of halogens is 1. The second-order valence-electron chi connectivity index (χ2n) is 10.1. The van der Waals surface area contributed by atoms with Crippen molar-refractivity contribution in [2.24, 2.45) is 4.99 Å². The van der Waals surface area contributed by atoms with Crippen molar-refractivity contribution in [1.82, 2.24) is 4.57 Å². The maximum atomic E-state index is 14.1. The van der Waals surface area contributed by atoms with Gasteiger partial charge in [0.05, 0.1) is 44.6 Å². The summed E-state index contributed by atoms with van der Waals surface area (Å²) in [5.41, 5.74) is 4.43. The molecule has 222 valence electrons. The van der Waals surface area contributed by atoms with E-state index in [1.54, 1.807) is 23.6 Å². The highest BCUT2D eigenvalue weighted by Gasteiger charge is 2.35. The summed E-state index contributed by atoms with van der Waals surface area (Å²) in [5, 5.41) is 9.01. The summed E-state index contributed by atoms with van der Waals surface area (Å²) in [6, 6.07) is 33.2. The lowest BCUT2D eigenvalue weighted by Gasteiger charge is -2.25. The molecule has 5 aromatic rings. The Kier molecular flexibility index (Phi) is 8.87. The van der Waals surface area contributed by atoms with E-state index in [9.17, 15) is 9.59 Å². The Bertz CT molecular complexity index is 2130. The summed E-state index contributed by atoms with van der Waals surface area (Å²) in [7, 11) is 0. The summed E-state index contributed by atoms with van der Waals surface area (Å²) < 4.78 is 14.3. The smallest absolute Gasteiger partial charge is 0.338 e. The molecule has 0 amide bonds. The summed E-state index contributed by atoms with van der Waals surface area (Å²) >= 11 is 4.87. The second-order valence-corrected chi connectivity index (χ2v) is 12.0. The van der Waals surface area contributed by atoms with Crippen LogP contribution in [0.5, 0.6) is 5.75 Å². The van der Waals surface area contributed by atoms with E-state index < -0.39 is 12.0 Å².